The summed E-state index contributed by atoms with van der Waals surface area (Å²) in [5.41, 5.74) is 1.19. The Bertz CT molecular complexity index is 575. The predicted molar refractivity (Wildman–Crippen MR) is 90.3 cm³/mol. The van der Waals surface area contributed by atoms with Gasteiger partial charge in [-0.05, 0) is 12.0 Å². The van der Waals surface area contributed by atoms with Crippen LogP contribution in [-0.2, 0) is 16.1 Å². The van der Waals surface area contributed by atoms with Crippen molar-refractivity contribution in [3.63, 3.8) is 0 Å². The third-order valence-electron chi connectivity index (χ3n) is 2.77. The first kappa shape index (κ1) is 16.8. The van der Waals surface area contributed by atoms with E-state index in [0.29, 0.717) is 13.2 Å². The van der Waals surface area contributed by atoms with E-state index < -0.39 is 0 Å². The van der Waals surface area contributed by atoms with Crippen LogP contribution in [0.5, 0.6) is 0 Å². The van der Waals surface area contributed by atoms with E-state index in [9.17, 15) is 4.79 Å². The molecule has 0 aliphatic heterocycles. The van der Waals surface area contributed by atoms with Crippen LogP contribution in [0.25, 0.3) is 0 Å². The molecule has 5 nitrogen and oxygen atoms in total. The van der Waals surface area contributed by atoms with Crippen LogP contribution in [0.1, 0.15) is 25.3 Å². The topological polar surface area (TPSA) is 64.1 Å². The number of carbonyl (C=O) groups is 1. The van der Waals surface area contributed by atoms with Crippen molar-refractivity contribution >= 4 is 34.2 Å². The normalized spacial score (nSPS) is 10.4. The molecule has 0 aliphatic rings. The molecule has 22 heavy (non-hydrogen) atoms. The molecule has 0 spiro atoms. The van der Waals surface area contributed by atoms with E-state index >= 15 is 0 Å². The highest BCUT2D eigenvalue weighted by atomic mass is 32.2. The standard InChI is InChI=1S/C15H19N3O2S2/c1-2-3-9-20-13(19)11-21-15-18-17-14(22-15)16-10-12-7-5-4-6-8-12/h4-8H,2-3,9-11H2,1H3,(H,16,17). The zero-order valence-electron chi connectivity index (χ0n) is 12.4. The van der Waals surface area contributed by atoms with Gasteiger partial charge in [0.15, 0.2) is 4.34 Å². The zero-order valence-corrected chi connectivity index (χ0v) is 14.1. The number of unbranched alkanes of at least 4 members (excludes halogenated alkanes) is 1. The monoisotopic (exact) mass is 337 g/mol. The Morgan fingerprint density at radius 2 is 2.14 bits per heavy atom. The number of aromatic nitrogens is 2. The molecule has 0 unspecified atom stereocenters. The number of benzene rings is 1. The fourth-order valence-electron chi connectivity index (χ4n) is 1.61. The number of hydrogen-bond donors (Lipinski definition) is 1. The Balaban J connectivity index is 1.71. The summed E-state index contributed by atoms with van der Waals surface area (Å²) in [6.45, 7) is 3.27. The van der Waals surface area contributed by atoms with E-state index in [1.807, 2.05) is 18.2 Å². The number of nitrogens with zero attached hydrogens (tertiary/aromatic N) is 2. The average Bonchev–Trinajstić information content (AvgIpc) is 3.00. The summed E-state index contributed by atoms with van der Waals surface area (Å²) in [5, 5.41) is 12.1. The quantitative estimate of drug-likeness (QED) is 0.429. The Labute approximate surface area is 138 Å². The first-order valence-electron chi connectivity index (χ1n) is 7.17. The zero-order chi connectivity index (χ0) is 15.6. The van der Waals surface area contributed by atoms with Crippen molar-refractivity contribution in [2.45, 2.75) is 30.6 Å². The van der Waals surface area contributed by atoms with E-state index in [1.165, 1.54) is 28.7 Å². The largest absolute Gasteiger partial charge is 0.465 e. The smallest absolute Gasteiger partial charge is 0.316 e. The Morgan fingerprint density at radius 3 is 2.91 bits per heavy atom. The maximum Gasteiger partial charge on any atom is 0.316 e. The molecular formula is C15H19N3O2S2. The van der Waals surface area contributed by atoms with Gasteiger partial charge in [-0.15, -0.1) is 10.2 Å². The molecule has 0 radical (unpaired) electrons. The second-order valence-corrected chi connectivity index (χ2v) is 6.77. The number of rotatable bonds is 9. The minimum absolute atomic E-state index is 0.201. The molecule has 0 aliphatic carbocycles. The maximum atomic E-state index is 11.5. The number of thioether (sulfide) groups is 1. The van der Waals surface area contributed by atoms with Crippen molar-refractivity contribution in [2.75, 3.05) is 17.7 Å². The van der Waals surface area contributed by atoms with Crippen LogP contribution in [0, 0.1) is 0 Å². The van der Waals surface area contributed by atoms with Crippen LogP contribution in [0.4, 0.5) is 5.13 Å². The van der Waals surface area contributed by atoms with Crippen LogP contribution in [0.15, 0.2) is 34.7 Å². The lowest BCUT2D eigenvalue weighted by atomic mass is 10.2. The molecule has 0 saturated heterocycles. The number of nitrogens with one attached hydrogen (secondary N) is 1. The third kappa shape index (κ3) is 6.03. The minimum Gasteiger partial charge on any atom is -0.465 e. The molecule has 1 heterocycles. The maximum absolute atomic E-state index is 11.5. The van der Waals surface area contributed by atoms with Gasteiger partial charge in [-0.2, -0.15) is 0 Å². The van der Waals surface area contributed by atoms with Gasteiger partial charge in [0.1, 0.15) is 0 Å². The van der Waals surface area contributed by atoms with Crippen LogP contribution in [0.3, 0.4) is 0 Å². The van der Waals surface area contributed by atoms with Crippen LogP contribution in [-0.4, -0.2) is 28.5 Å². The van der Waals surface area contributed by atoms with Crippen molar-refractivity contribution in [3.05, 3.63) is 35.9 Å². The van der Waals surface area contributed by atoms with E-state index in [0.717, 1.165) is 22.3 Å². The van der Waals surface area contributed by atoms with Crippen molar-refractivity contribution in [1.29, 1.82) is 0 Å². The molecule has 0 fully saturated rings. The van der Waals surface area contributed by atoms with Gasteiger partial charge in [-0.1, -0.05) is 66.8 Å². The SMILES string of the molecule is CCCCOC(=O)CSc1nnc(NCc2ccccc2)s1. The van der Waals surface area contributed by atoms with E-state index in [4.69, 9.17) is 4.74 Å². The Morgan fingerprint density at radius 1 is 1.32 bits per heavy atom. The fourth-order valence-corrected chi connectivity index (χ4v) is 3.15. The van der Waals surface area contributed by atoms with E-state index in [2.05, 4.69) is 34.6 Å². The van der Waals surface area contributed by atoms with Gasteiger partial charge in [-0.25, -0.2) is 0 Å². The second-order valence-electron chi connectivity index (χ2n) is 4.57. The number of carbonyl (C=O) groups excluding carboxylic acids is 1. The minimum atomic E-state index is -0.201. The first-order chi connectivity index (χ1) is 10.8. The lowest BCUT2D eigenvalue weighted by molar-refractivity contribution is -0.140. The van der Waals surface area contributed by atoms with Crippen LogP contribution < -0.4 is 5.32 Å². The van der Waals surface area contributed by atoms with Crippen molar-refractivity contribution in [3.8, 4) is 0 Å². The first-order valence-corrected chi connectivity index (χ1v) is 8.98. The summed E-state index contributed by atoms with van der Waals surface area (Å²) < 4.78 is 5.86. The third-order valence-corrected chi connectivity index (χ3v) is 4.76. The molecule has 1 N–H and O–H groups in total. The van der Waals surface area contributed by atoms with Gasteiger partial charge in [0.25, 0.3) is 0 Å². The molecular weight excluding hydrogens is 318 g/mol. The molecule has 0 saturated carbocycles. The summed E-state index contributed by atoms with van der Waals surface area (Å²) in [6.07, 6.45) is 1.93. The van der Waals surface area contributed by atoms with Gasteiger partial charge in [0.05, 0.1) is 12.4 Å². The number of hydrogen-bond acceptors (Lipinski definition) is 7. The highest BCUT2D eigenvalue weighted by Crippen LogP contribution is 2.25. The average molecular weight is 337 g/mol. The van der Waals surface area contributed by atoms with E-state index in [1.54, 1.807) is 0 Å². The van der Waals surface area contributed by atoms with Crippen molar-refractivity contribution in [1.82, 2.24) is 10.2 Å². The molecule has 0 bridgehead atoms. The van der Waals surface area contributed by atoms with Crippen LogP contribution in [0.2, 0.25) is 0 Å². The summed E-state index contributed by atoms with van der Waals surface area (Å²) >= 11 is 2.80. The predicted octanol–water partition coefficient (Wildman–Crippen LogP) is 3.59. The molecule has 0 atom stereocenters. The lowest BCUT2D eigenvalue weighted by Gasteiger charge is -2.02. The van der Waals surface area contributed by atoms with Gasteiger partial charge >= 0.3 is 5.97 Å². The van der Waals surface area contributed by atoms with Gasteiger partial charge in [0, 0.05) is 6.54 Å². The molecule has 1 aromatic carbocycles. The van der Waals surface area contributed by atoms with Gasteiger partial charge in [-0.3, -0.25) is 4.79 Å². The molecule has 7 heteroatoms. The number of anilines is 1. The molecule has 0 amide bonds. The second kappa shape index (κ2) is 9.42. The fraction of sp³-hybridized carbons (Fsp3) is 0.400. The molecule has 118 valence electrons. The summed E-state index contributed by atoms with van der Waals surface area (Å²) in [7, 11) is 0. The van der Waals surface area contributed by atoms with Gasteiger partial charge in [0.2, 0.25) is 5.13 Å². The number of esters is 1. The molecule has 2 aromatic rings. The Kier molecular flexibility index (Phi) is 7.18. The van der Waals surface area contributed by atoms with Crippen molar-refractivity contribution < 1.29 is 9.53 Å². The van der Waals surface area contributed by atoms with E-state index in [-0.39, 0.29) is 11.7 Å². The highest BCUT2D eigenvalue weighted by Gasteiger charge is 2.08. The summed E-state index contributed by atoms with van der Waals surface area (Å²) in [5.74, 6) is 0.0734. The highest BCUT2D eigenvalue weighted by molar-refractivity contribution is 8.01. The summed E-state index contributed by atoms with van der Waals surface area (Å²) in [4.78, 5) is 11.5. The number of ether oxygens (including phenoxy) is 1. The summed E-state index contributed by atoms with van der Waals surface area (Å²) in [6, 6.07) is 10.1. The molecule has 1 aromatic heterocycles. The van der Waals surface area contributed by atoms with Gasteiger partial charge < -0.3 is 10.1 Å². The van der Waals surface area contributed by atoms with Crippen LogP contribution >= 0.6 is 23.1 Å². The molecule has 2 rings (SSSR count). The van der Waals surface area contributed by atoms with Crippen molar-refractivity contribution in [2.24, 2.45) is 0 Å². The lowest BCUT2D eigenvalue weighted by Crippen LogP contribution is -2.08. The Hall–Kier alpha value is -1.60.